The number of hydrogen-bond donors (Lipinski definition) is 0. The highest BCUT2D eigenvalue weighted by Gasteiger charge is 2.45. The molecule has 0 bridgehead atoms. The van der Waals surface area contributed by atoms with Gasteiger partial charge in [0.2, 0.25) is 18.6 Å². The Morgan fingerprint density at radius 2 is 1.73 bits per heavy atom. The fraction of sp³-hybridized carbons (Fsp3) is 0.400. The highest BCUT2D eigenvalue weighted by Crippen LogP contribution is 2.35. The molecular formula is C25H25ClN2O5. The normalized spacial score (nSPS) is 20.4. The fourth-order valence-electron chi connectivity index (χ4n) is 4.88. The van der Waals surface area contributed by atoms with Crippen LogP contribution in [0.15, 0.2) is 42.5 Å². The van der Waals surface area contributed by atoms with E-state index in [9.17, 15) is 14.4 Å². The summed E-state index contributed by atoms with van der Waals surface area (Å²) in [5.41, 5.74) is 1.29. The van der Waals surface area contributed by atoms with Crippen LogP contribution in [0.5, 0.6) is 11.5 Å². The van der Waals surface area contributed by atoms with E-state index < -0.39 is 6.04 Å². The predicted molar refractivity (Wildman–Crippen MR) is 122 cm³/mol. The van der Waals surface area contributed by atoms with Crippen molar-refractivity contribution in [3.63, 3.8) is 0 Å². The zero-order chi connectivity index (χ0) is 22.9. The lowest BCUT2D eigenvalue weighted by Gasteiger charge is -2.32. The van der Waals surface area contributed by atoms with Gasteiger partial charge in [-0.25, -0.2) is 4.90 Å². The van der Waals surface area contributed by atoms with Crippen LogP contribution >= 0.6 is 11.6 Å². The van der Waals surface area contributed by atoms with Crippen LogP contribution in [0.1, 0.15) is 44.1 Å². The first-order valence-corrected chi connectivity index (χ1v) is 11.7. The molecule has 2 heterocycles. The Kier molecular flexibility index (Phi) is 5.98. The van der Waals surface area contributed by atoms with Gasteiger partial charge in [-0.15, -0.1) is 0 Å². The maximum Gasteiger partial charge on any atom is 0.257 e. The second-order valence-electron chi connectivity index (χ2n) is 8.75. The largest absolute Gasteiger partial charge is 0.454 e. The first-order valence-electron chi connectivity index (χ1n) is 11.3. The van der Waals surface area contributed by atoms with Crippen molar-refractivity contribution in [3.8, 4) is 11.5 Å². The molecule has 2 aliphatic heterocycles. The molecule has 33 heavy (non-hydrogen) atoms. The molecule has 2 aromatic carbocycles. The van der Waals surface area contributed by atoms with E-state index in [-0.39, 0.29) is 43.4 Å². The fourth-order valence-corrected chi connectivity index (χ4v) is 5.01. The molecular weight excluding hydrogens is 444 g/mol. The second kappa shape index (κ2) is 9.06. The molecule has 2 fully saturated rings. The molecule has 7 nitrogen and oxygen atoms in total. The number of anilines is 1. The summed E-state index contributed by atoms with van der Waals surface area (Å²) in [5, 5.41) is 0.520. The minimum absolute atomic E-state index is 0.0372. The van der Waals surface area contributed by atoms with Gasteiger partial charge < -0.3 is 14.4 Å². The van der Waals surface area contributed by atoms with Crippen molar-refractivity contribution in [3.05, 3.63) is 53.1 Å². The summed E-state index contributed by atoms with van der Waals surface area (Å²) in [4.78, 5) is 42.7. The molecule has 3 aliphatic rings. The molecule has 0 aromatic heterocycles. The molecule has 3 amide bonds. The molecule has 0 N–H and O–H groups in total. The Morgan fingerprint density at radius 1 is 1.00 bits per heavy atom. The summed E-state index contributed by atoms with van der Waals surface area (Å²) in [7, 11) is 0. The number of hydrogen-bond acceptors (Lipinski definition) is 5. The minimum Gasteiger partial charge on any atom is -0.454 e. The lowest BCUT2D eigenvalue weighted by Crippen LogP contribution is -2.47. The maximum atomic E-state index is 13.6. The lowest BCUT2D eigenvalue weighted by molar-refractivity contribution is -0.143. The van der Waals surface area contributed by atoms with Crippen LogP contribution in [0.3, 0.4) is 0 Å². The number of benzene rings is 2. The van der Waals surface area contributed by atoms with E-state index >= 15 is 0 Å². The Hall–Kier alpha value is -3.06. The van der Waals surface area contributed by atoms with Crippen molar-refractivity contribution in [2.45, 2.75) is 51.1 Å². The molecule has 1 atom stereocenters. The van der Waals surface area contributed by atoms with Gasteiger partial charge in [0.1, 0.15) is 6.04 Å². The van der Waals surface area contributed by atoms with Crippen LogP contribution in [0.2, 0.25) is 5.02 Å². The van der Waals surface area contributed by atoms with Gasteiger partial charge in [0.15, 0.2) is 11.5 Å². The molecule has 1 unspecified atom stereocenters. The summed E-state index contributed by atoms with van der Waals surface area (Å²) in [5.74, 6) is 0.391. The number of halogens is 1. The van der Waals surface area contributed by atoms with Crippen molar-refractivity contribution < 1.29 is 23.9 Å². The average Bonchev–Trinajstić information content (AvgIpc) is 3.41. The van der Waals surface area contributed by atoms with Crippen LogP contribution in [0, 0.1) is 5.92 Å². The Morgan fingerprint density at radius 3 is 2.48 bits per heavy atom. The van der Waals surface area contributed by atoms with Crippen LogP contribution in [-0.4, -0.2) is 35.5 Å². The van der Waals surface area contributed by atoms with E-state index in [2.05, 4.69) is 0 Å². The maximum absolute atomic E-state index is 13.6. The molecule has 1 saturated heterocycles. The van der Waals surface area contributed by atoms with Crippen LogP contribution in [0.25, 0.3) is 0 Å². The van der Waals surface area contributed by atoms with Crippen LogP contribution < -0.4 is 14.4 Å². The Balaban J connectivity index is 1.44. The topological polar surface area (TPSA) is 76.1 Å². The zero-order valence-corrected chi connectivity index (χ0v) is 18.9. The molecule has 8 heteroatoms. The summed E-state index contributed by atoms with van der Waals surface area (Å²) in [6.45, 7) is 0.388. The van der Waals surface area contributed by atoms with E-state index in [4.69, 9.17) is 21.1 Å². The quantitative estimate of drug-likeness (QED) is 0.611. The first-order chi connectivity index (χ1) is 16.0. The first kappa shape index (κ1) is 21.8. The van der Waals surface area contributed by atoms with Gasteiger partial charge in [-0.1, -0.05) is 36.9 Å². The van der Waals surface area contributed by atoms with Crippen LogP contribution in [-0.2, 0) is 20.9 Å². The van der Waals surface area contributed by atoms with Gasteiger partial charge >= 0.3 is 0 Å². The summed E-state index contributed by atoms with van der Waals surface area (Å²) < 4.78 is 10.9. The zero-order valence-electron chi connectivity index (χ0n) is 18.2. The number of carbonyl (C=O) groups is 3. The summed E-state index contributed by atoms with van der Waals surface area (Å²) in [6.07, 6.45) is 4.71. The molecule has 0 radical (unpaired) electrons. The van der Waals surface area contributed by atoms with Crippen LogP contribution in [0.4, 0.5) is 5.69 Å². The average molecular weight is 469 g/mol. The third kappa shape index (κ3) is 4.29. The molecule has 5 rings (SSSR count). The third-order valence-corrected chi connectivity index (χ3v) is 6.86. The smallest absolute Gasteiger partial charge is 0.257 e. The molecule has 172 valence electrons. The van der Waals surface area contributed by atoms with Gasteiger partial charge in [-0.3, -0.25) is 14.4 Å². The van der Waals surface area contributed by atoms with Crippen molar-refractivity contribution in [1.29, 1.82) is 0 Å². The van der Waals surface area contributed by atoms with Gasteiger partial charge in [-0.05, 0) is 54.8 Å². The Labute approximate surface area is 197 Å². The van der Waals surface area contributed by atoms with Crippen molar-refractivity contribution in [2.75, 3.05) is 11.7 Å². The number of fused-ring (bicyclic) bond motifs is 1. The minimum atomic E-state index is -0.840. The Bertz CT molecular complexity index is 1080. The number of amides is 3. The van der Waals surface area contributed by atoms with E-state index in [1.54, 1.807) is 29.2 Å². The molecule has 2 aromatic rings. The van der Waals surface area contributed by atoms with Gasteiger partial charge in [0, 0.05) is 17.5 Å². The predicted octanol–water partition coefficient (Wildman–Crippen LogP) is 4.31. The number of carbonyl (C=O) groups excluding carboxylic acids is 3. The molecule has 1 saturated carbocycles. The van der Waals surface area contributed by atoms with Crippen molar-refractivity contribution in [2.24, 2.45) is 5.92 Å². The highest BCUT2D eigenvalue weighted by atomic mass is 35.5. The second-order valence-corrected chi connectivity index (χ2v) is 9.19. The van der Waals surface area contributed by atoms with Crippen molar-refractivity contribution >= 4 is 35.0 Å². The van der Waals surface area contributed by atoms with E-state index in [0.29, 0.717) is 22.2 Å². The van der Waals surface area contributed by atoms with Gasteiger partial charge in [-0.2, -0.15) is 0 Å². The third-order valence-electron chi connectivity index (χ3n) is 6.61. The number of imide groups is 1. The number of nitrogens with zero attached hydrogens (tertiary/aromatic N) is 2. The summed E-state index contributed by atoms with van der Waals surface area (Å²) >= 11 is 5.97. The van der Waals surface area contributed by atoms with Crippen molar-refractivity contribution in [1.82, 2.24) is 4.90 Å². The summed E-state index contributed by atoms with van der Waals surface area (Å²) in [6, 6.07) is 11.2. The van der Waals surface area contributed by atoms with Gasteiger partial charge in [0.05, 0.1) is 12.1 Å². The number of rotatable bonds is 5. The highest BCUT2D eigenvalue weighted by molar-refractivity contribution is 6.30. The molecule has 1 aliphatic carbocycles. The molecule has 0 spiro atoms. The van der Waals surface area contributed by atoms with E-state index in [1.165, 1.54) is 4.90 Å². The standard InChI is InChI=1S/C25H25ClN2O5/c26-18-7-9-19(10-8-18)28-23(29)13-20(25(28)31)27(24(30)17-4-2-1-3-5-17)14-16-6-11-21-22(12-16)33-15-32-21/h6-12,17,20H,1-5,13-15H2. The monoisotopic (exact) mass is 468 g/mol. The van der Waals surface area contributed by atoms with Gasteiger partial charge in [0.25, 0.3) is 5.91 Å². The number of ether oxygens (including phenoxy) is 2. The SMILES string of the molecule is O=C1CC(N(Cc2ccc3c(c2)OCO3)C(=O)C2CCCCC2)C(=O)N1c1ccc(Cl)cc1. The van der Waals surface area contributed by atoms with E-state index in [0.717, 1.165) is 37.7 Å². The van der Waals surface area contributed by atoms with E-state index in [1.807, 2.05) is 18.2 Å². The lowest BCUT2D eigenvalue weighted by atomic mass is 9.87.